The van der Waals surface area contributed by atoms with E-state index in [1.165, 1.54) is 6.26 Å². The average Bonchev–Trinajstić information content (AvgIpc) is 3.03. The van der Waals surface area contributed by atoms with E-state index in [0.717, 1.165) is 25.9 Å². The maximum atomic E-state index is 12.3. The van der Waals surface area contributed by atoms with Crippen molar-refractivity contribution in [1.29, 1.82) is 0 Å². The fourth-order valence-electron chi connectivity index (χ4n) is 2.74. The Balaban J connectivity index is 1.80. The Bertz CT molecular complexity index is 458. The molecule has 0 bridgehead atoms. The average molecular weight is 292 g/mol. The van der Waals surface area contributed by atoms with Crippen molar-refractivity contribution in [2.45, 2.75) is 26.7 Å². The van der Waals surface area contributed by atoms with E-state index >= 15 is 0 Å². The highest BCUT2D eigenvalue weighted by Gasteiger charge is 2.26. The van der Waals surface area contributed by atoms with Gasteiger partial charge in [0.15, 0.2) is 5.76 Å². The van der Waals surface area contributed by atoms with Gasteiger partial charge in [-0.15, -0.1) is 0 Å². The first-order valence-corrected chi connectivity index (χ1v) is 7.73. The van der Waals surface area contributed by atoms with Crippen LogP contribution in [0.2, 0.25) is 0 Å². The molecule has 1 aromatic heterocycles. The van der Waals surface area contributed by atoms with Crippen molar-refractivity contribution in [3.05, 3.63) is 24.2 Å². The number of hydrogen-bond donors (Lipinski definition) is 0. The van der Waals surface area contributed by atoms with E-state index in [2.05, 4.69) is 18.7 Å². The van der Waals surface area contributed by atoms with E-state index < -0.39 is 0 Å². The van der Waals surface area contributed by atoms with Crippen LogP contribution in [-0.2, 0) is 4.79 Å². The normalized spacial score (nSPS) is 16.4. The summed E-state index contributed by atoms with van der Waals surface area (Å²) in [5.41, 5.74) is 0. The fraction of sp³-hybridized carbons (Fsp3) is 0.625. The van der Waals surface area contributed by atoms with Gasteiger partial charge < -0.3 is 9.32 Å². The molecule has 1 aromatic rings. The summed E-state index contributed by atoms with van der Waals surface area (Å²) in [6, 6.07) is 3.41. The molecule has 0 atom stereocenters. The first kappa shape index (κ1) is 15.8. The second-order valence-electron chi connectivity index (χ2n) is 5.52. The van der Waals surface area contributed by atoms with Crippen molar-refractivity contribution in [3.63, 3.8) is 0 Å². The van der Waals surface area contributed by atoms with Gasteiger partial charge in [-0.25, -0.2) is 0 Å². The number of furan rings is 1. The van der Waals surface area contributed by atoms with Gasteiger partial charge in [-0.2, -0.15) is 0 Å². The van der Waals surface area contributed by atoms with E-state index in [4.69, 9.17) is 4.42 Å². The van der Waals surface area contributed by atoms with Crippen LogP contribution in [-0.4, -0.2) is 54.2 Å². The maximum absolute atomic E-state index is 12.3. The lowest BCUT2D eigenvalue weighted by Crippen LogP contribution is -2.51. The lowest BCUT2D eigenvalue weighted by atomic mass is 10.0. The molecule has 116 valence electrons. The number of ketones is 1. The van der Waals surface area contributed by atoms with Crippen LogP contribution >= 0.6 is 0 Å². The Kier molecular flexibility index (Phi) is 5.56. The third kappa shape index (κ3) is 3.94. The quantitative estimate of drug-likeness (QED) is 0.753. The highest BCUT2D eigenvalue weighted by molar-refractivity contribution is 5.95. The van der Waals surface area contributed by atoms with Gasteiger partial charge in [-0.05, 0) is 25.0 Å². The molecule has 2 rings (SSSR count). The molecule has 2 heterocycles. The minimum absolute atomic E-state index is 0.000213. The number of carbonyl (C=O) groups is 2. The van der Waals surface area contributed by atoms with Crippen molar-refractivity contribution in [2.75, 3.05) is 32.7 Å². The zero-order chi connectivity index (χ0) is 15.2. The predicted molar refractivity (Wildman–Crippen MR) is 80.1 cm³/mol. The van der Waals surface area contributed by atoms with Crippen LogP contribution in [0.4, 0.5) is 0 Å². The zero-order valence-corrected chi connectivity index (χ0v) is 12.9. The minimum Gasteiger partial charge on any atom is -0.461 e. The van der Waals surface area contributed by atoms with Crippen LogP contribution in [0.1, 0.15) is 37.2 Å². The molecule has 1 aliphatic rings. The molecule has 0 spiro atoms. The number of rotatable bonds is 6. The van der Waals surface area contributed by atoms with Gasteiger partial charge in [0.2, 0.25) is 11.7 Å². The minimum atomic E-state index is -0.000213. The molecule has 0 N–H and O–H groups in total. The molecule has 21 heavy (non-hydrogen) atoms. The summed E-state index contributed by atoms with van der Waals surface area (Å²) in [7, 11) is 0. The lowest BCUT2D eigenvalue weighted by Gasteiger charge is -2.35. The van der Waals surface area contributed by atoms with Gasteiger partial charge in [0.1, 0.15) is 0 Å². The monoisotopic (exact) mass is 292 g/mol. The van der Waals surface area contributed by atoms with Crippen molar-refractivity contribution in [1.82, 2.24) is 9.80 Å². The molecule has 0 radical (unpaired) electrons. The first-order chi connectivity index (χ1) is 10.2. The van der Waals surface area contributed by atoms with E-state index in [9.17, 15) is 9.59 Å². The first-order valence-electron chi connectivity index (χ1n) is 7.73. The molecular formula is C16H24N2O3. The van der Waals surface area contributed by atoms with Crippen molar-refractivity contribution < 1.29 is 14.0 Å². The Morgan fingerprint density at radius 2 is 1.86 bits per heavy atom. The van der Waals surface area contributed by atoms with Gasteiger partial charge in [-0.3, -0.25) is 14.5 Å². The van der Waals surface area contributed by atoms with Gasteiger partial charge in [0.25, 0.3) is 0 Å². The maximum Gasteiger partial charge on any atom is 0.225 e. The van der Waals surface area contributed by atoms with Crippen molar-refractivity contribution >= 4 is 11.7 Å². The second-order valence-corrected chi connectivity index (χ2v) is 5.52. The molecule has 1 amide bonds. The van der Waals surface area contributed by atoms with Crippen LogP contribution in [0.5, 0.6) is 0 Å². The molecule has 0 aliphatic carbocycles. The predicted octanol–water partition coefficient (Wildman–Crippen LogP) is 2.04. The molecule has 1 fully saturated rings. The molecule has 1 aliphatic heterocycles. The van der Waals surface area contributed by atoms with Crippen LogP contribution < -0.4 is 0 Å². The Labute approximate surface area is 125 Å². The summed E-state index contributed by atoms with van der Waals surface area (Å²) in [5, 5.41) is 0. The SMILES string of the molecule is CCC(CC)C(=O)N1CCN(CC(=O)c2ccco2)CC1. The van der Waals surface area contributed by atoms with E-state index in [0.29, 0.717) is 25.4 Å². The Hall–Kier alpha value is -1.62. The third-order valence-corrected chi connectivity index (χ3v) is 4.18. The van der Waals surface area contributed by atoms with Crippen LogP contribution in [0.25, 0.3) is 0 Å². The highest BCUT2D eigenvalue weighted by atomic mass is 16.3. The summed E-state index contributed by atoms with van der Waals surface area (Å²) >= 11 is 0. The van der Waals surface area contributed by atoms with Gasteiger partial charge in [0, 0.05) is 32.1 Å². The molecule has 5 heteroatoms. The number of carbonyl (C=O) groups excluding carboxylic acids is 2. The highest BCUT2D eigenvalue weighted by Crippen LogP contribution is 2.14. The number of Topliss-reactive ketones (excluding diaryl/α,β-unsaturated/α-hetero) is 1. The van der Waals surface area contributed by atoms with E-state index in [1.54, 1.807) is 12.1 Å². The van der Waals surface area contributed by atoms with E-state index in [1.807, 2.05) is 4.90 Å². The summed E-state index contributed by atoms with van der Waals surface area (Å²) in [5.74, 6) is 0.809. The third-order valence-electron chi connectivity index (χ3n) is 4.18. The number of piperazine rings is 1. The number of nitrogens with zero attached hydrogens (tertiary/aromatic N) is 2. The largest absolute Gasteiger partial charge is 0.461 e. The van der Waals surface area contributed by atoms with E-state index in [-0.39, 0.29) is 17.6 Å². The topological polar surface area (TPSA) is 53.8 Å². The molecule has 5 nitrogen and oxygen atoms in total. The molecular weight excluding hydrogens is 268 g/mol. The summed E-state index contributed by atoms with van der Waals surface area (Å²) < 4.78 is 5.12. The molecule has 0 unspecified atom stereocenters. The van der Waals surface area contributed by atoms with Crippen molar-refractivity contribution in [2.24, 2.45) is 5.92 Å². The van der Waals surface area contributed by atoms with Gasteiger partial charge in [0.05, 0.1) is 12.8 Å². The fourth-order valence-corrected chi connectivity index (χ4v) is 2.74. The van der Waals surface area contributed by atoms with Gasteiger partial charge >= 0.3 is 0 Å². The summed E-state index contributed by atoms with van der Waals surface area (Å²) in [6.07, 6.45) is 3.30. The Morgan fingerprint density at radius 3 is 2.38 bits per heavy atom. The smallest absolute Gasteiger partial charge is 0.225 e. The second kappa shape index (κ2) is 7.41. The Morgan fingerprint density at radius 1 is 1.19 bits per heavy atom. The lowest BCUT2D eigenvalue weighted by molar-refractivity contribution is -0.137. The summed E-state index contributed by atoms with van der Waals surface area (Å²) in [4.78, 5) is 28.3. The van der Waals surface area contributed by atoms with Crippen LogP contribution in [0.3, 0.4) is 0 Å². The van der Waals surface area contributed by atoms with Gasteiger partial charge in [-0.1, -0.05) is 13.8 Å². The van der Waals surface area contributed by atoms with Crippen LogP contribution in [0.15, 0.2) is 22.8 Å². The van der Waals surface area contributed by atoms with Crippen molar-refractivity contribution in [3.8, 4) is 0 Å². The molecule has 1 saturated heterocycles. The zero-order valence-electron chi connectivity index (χ0n) is 12.9. The number of hydrogen-bond acceptors (Lipinski definition) is 4. The standard InChI is InChI=1S/C16H24N2O3/c1-3-13(4-2)16(20)18-9-7-17(8-10-18)12-14(19)15-6-5-11-21-15/h5-6,11,13H,3-4,7-10,12H2,1-2H3. The molecule has 0 saturated carbocycles. The van der Waals surface area contributed by atoms with Crippen LogP contribution in [0, 0.1) is 5.92 Å². The number of amides is 1. The summed E-state index contributed by atoms with van der Waals surface area (Å²) in [6.45, 7) is 7.40. The molecule has 0 aromatic carbocycles.